The number of hydrogen-bond donors (Lipinski definition) is 0. The highest BCUT2D eigenvalue weighted by Crippen LogP contribution is 2.55. The minimum atomic E-state index is -0.530. The van der Waals surface area contributed by atoms with Gasteiger partial charge in [0.05, 0.1) is 31.7 Å². The highest BCUT2D eigenvalue weighted by molar-refractivity contribution is 5.68. The summed E-state index contributed by atoms with van der Waals surface area (Å²) in [6, 6.07) is 6.12. The highest BCUT2D eigenvalue weighted by Gasteiger charge is 2.41. The first-order valence-corrected chi connectivity index (χ1v) is 9.09. The zero-order valence-corrected chi connectivity index (χ0v) is 15.8. The molecular formula is C20H17FN6O2. The molecular weight excluding hydrogens is 375 g/mol. The maximum Gasteiger partial charge on any atom is 0.319 e. The molecule has 0 aromatic carbocycles. The molecule has 0 bridgehead atoms. The van der Waals surface area contributed by atoms with E-state index >= 15 is 0 Å². The number of hydrogen-bond acceptors (Lipinski definition) is 7. The standard InChI is InChI=1S/C20H17FN6O2/c1-28-19-15(9-24-20(25-19)29-2)16-8-14(18-23-10-17(21)27(18)26-16)13-7-12(13)11-3-5-22-6-4-11/h3-6,8-10,12-13H,7H2,1-2H3/t12-,13+/m1/s1. The molecule has 1 saturated carbocycles. The normalized spacial score (nSPS) is 18.0. The molecule has 0 spiro atoms. The lowest BCUT2D eigenvalue weighted by Gasteiger charge is -2.10. The van der Waals surface area contributed by atoms with Crippen LogP contribution in [0.5, 0.6) is 11.9 Å². The Morgan fingerprint density at radius 3 is 2.66 bits per heavy atom. The van der Waals surface area contributed by atoms with Gasteiger partial charge >= 0.3 is 6.01 Å². The Kier molecular flexibility index (Phi) is 4.08. The summed E-state index contributed by atoms with van der Waals surface area (Å²) >= 11 is 0. The number of halogens is 1. The molecule has 9 heteroatoms. The lowest BCUT2D eigenvalue weighted by atomic mass is 10.0. The fraction of sp³-hybridized carbons (Fsp3) is 0.250. The van der Waals surface area contributed by atoms with Crippen LogP contribution >= 0.6 is 0 Å². The number of imidazole rings is 1. The van der Waals surface area contributed by atoms with Crippen molar-refractivity contribution >= 4 is 5.65 Å². The Hall–Kier alpha value is -3.62. The molecule has 0 amide bonds. The van der Waals surface area contributed by atoms with Crippen molar-refractivity contribution in [1.82, 2.24) is 29.5 Å². The van der Waals surface area contributed by atoms with Crippen LogP contribution in [-0.2, 0) is 0 Å². The van der Waals surface area contributed by atoms with Gasteiger partial charge in [-0.15, -0.1) is 0 Å². The van der Waals surface area contributed by atoms with Crippen molar-refractivity contribution in [1.29, 1.82) is 0 Å². The van der Waals surface area contributed by atoms with Crippen LogP contribution in [0.1, 0.15) is 29.4 Å². The van der Waals surface area contributed by atoms with Crippen molar-refractivity contribution in [3.8, 4) is 23.1 Å². The molecule has 4 aromatic heterocycles. The predicted molar refractivity (Wildman–Crippen MR) is 101 cm³/mol. The van der Waals surface area contributed by atoms with Crippen molar-refractivity contribution in [2.45, 2.75) is 18.3 Å². The summed E-state index contributed by atoms with van der Waals surface area (Å²) in [4.78, 5) is 16.7. The summed E-state index contributed by atoms with van der Waals surface area (Å²) in [5.74, 6) is 0.327. The second-order valence-corrected chi connectivity index (χ2v) is 6.81. The van der Waals surface area contributed by atoms with Gasteiger partial charge in [-0.25, -0.2) is 9.97 Å². The lowest BCUT2D eigenvalue weighted by molar-refractivity contribution is 0.353. The fourth-order valence-corrected chi connectivity index (χ4v) is 3.67. The zero-order chi connectivity index (χ0) is 20.0. The van der Waals surface area contributed by atoms with Gasteiger partial charge in [-0.3, -0.25) is 4.98 Å². The third-order valence-electron chi connectivity index (χ3n) is 5.16. The second-order valence-electron chi connectivity index (χ2n) is 6.81. The van der Waals surface area contributed by atoms with E-state index in [0.717, 1.165) is 12.0 Å². The van der Waals surface area contributed by atoms with Crippen LogP contribution in [0.15, 0.2) is 43.0 Å². The molecule has 8 nitrogen and oxygen atoms in total. The first-order valence-electron chi connectivity index (χ1n) is 9.09. The number of ether oxygens (including phenoxy) is 2. The van der Waals surface area contributed by atoms with E-state index in [-0.39, 0.29) is 11.9 Å². The van der Waals surface area contributed by atoms with E-state index in [4.69, 9.17) is 9.47 Å². The average Bonchev–Trinajstić information content (AvgIpc) is 3.49. The quantitative estimate of drug-likeness (QED) is 0.516. The maximum absolute atomic E-state index is 14.4. The maximum atomic E-state index is 14.4. The first kappa shape index (κ1) is 17.5. The smallest absolute Gasteiger partial charge is 0.319 e. The number of aromatic nitrogens is 6. The molecule has 0 unspecified atom stereocenters. The van der Waals surface area contributed by atoms with Gasteiger partial charge in [0.1, 0.15) is 0 Å². The highest BCUT2D eigenvalue weighted by atomic mass is 19.1. The van der Waals surface area contributed by atoms with Crippen LogP contribution in [0, 0.1) is 5.95 Å². The van der Waals surface area contributed by atoms with Gasteiger partial charge in [0, 0.05) is 24.2 Å². The Morgan fingerprint density at radius 2 is 1.90 bits per heavy atom. The fourth-order valence-electron chi connectivity index (χ4n) is 3.67. The van der Waals surface area contributed by atoms with Gasteiger partial charge in [-0.2, -0.15) is 19.0 Å². The summed E-state index contributed by atoms with van der Waals surface area (Å²) in [5, 5.41) is 4.41. The minimum absolute atomic E-state index is 0.181. The van der Waals surface area contributed by atoms with Crippen molar-refractivity contribution < 1.29 is 13.9 Å². The monoisotopic (exact) mass is 392 g/mol. The largest absolute Gasteiger partial charge is 0.480 e. The van der Waals surface area contributed by atoms with Crippen LogP contribution in [-0.4, -0.2) is 43.8 Å². The molecule has 1 aliphatic rings. The average molecular weight is 392 g/mol. The molecule has 1 aliphatic carbocycles. The Balaban J connectivity index is 1.63. The lowest BCUT2D eigenvalue weighted by Crippen LogP contribution is -2.04. The number of methoxy groups -OCH3 is 2. The molecule has 1 fully saturated rings. The van der Waals surface area contributed by atoms with Gasteiger partial charge < -0.3 is 9.47 Å². The zero-order valence-electron chi connectivity index (χ0n) is 15.8. The van der Waals surface area contributed by atoms with E-state index < -0.39 is 5.95 Å². The number of rotatable bonds is 5. The van der Waals surface area contributed by atoms with E-state index in [2.05, 4.69) is 25.0 Å². The molecule has 2 atom stereocenters. The van der Waals surface area contributed by atoms with E-state index in [0.29, 0.717) is 28.7 Å². The second kappa shape index (κ2) is 6.77. The molecule has 0 saturated heterocycles. The van der Waals surface area contributed by atoms with Gasteiger partial charge in [0.2, 0.25) is 11.8 Å². The van der Waals surface area contributed by atoms with Gasteiger partial charge in [-0.05, 0) is 42.0 Å². The van der Waals surface area contributed by atoms with Crippen molar-refractivity contribution in [3.05, 3.63) is 60.1 Å². The molecule has 146 valence electrons. The van der Waals surface area contributed by atoms with Gasteiger partial charge in [-0.1, -0.05) is 0 Å². The molecule has 0 aliphatic heterocycles. The molecule has 29 heavy (non-hydrogen) atoms. The van der Waals surface area contributed by atoms with Crippen LogP contribution in [0.3, 0.4) is 0 Å². The topological polar surface area (TPSA) is 87.3 Å². The number of nitrogens with zero attached hydrogens (tertiary/aromatic N) is 6. The van der Waals surface area contributed by atoms with Crippen molar-refractivity contribution in [2.75, 3.05) is 14.2 Å². The molecule has 4 heterocycles. The van der Waals surface area contributed by atoms with Crippen LogP contribution in [0.25, 0.3) is 16.9 Å². The minimum Gasteiger partial charge on any atom is -0.480 e. The molecule has 4 aromatic rings. The van der Waals surface area contributed by atoms with Crippen molar-refractivity contribution in [2.24, 2.45) is 0 Å². The Morgan fingerprint density at radius 1 is 1.07 bits per heavy atom. The molecule has 5 rings (SSSR count). The predicted octanol–water partition coefficient (Wildman–Crippen LogP) is 3.01. The molecule has 0 radical (unpaired) electrons. The summed E-state index contributed by atoms with van der Waals surface area (Å²) in [7, 11) is 2.98. The first-order chi connectivity index (χ1) is 14.2. The Bertz CT molecular complexity index is 1200. The number of fused-ring (bicyclic) bond motifs is 1. The molecule has 0 N–H and O–H groups in total. The van der Waals surface area contributed by atoms with Crippen LogP contribution in [0.2, 0.25) is 0 Å². The van der Waals surface area contributed by atoms with Crippen LogP contribution in [0.4, 0.5) is 4.39 Å². The van der Waals surface area contributed by atoms with Crippen LogP contribution < -0.4 is 9.47 Å². The number of pyridine rings is 1. The third-order valence-corrected chi connectivity index (χ3v) is 5.16. The van der Waals surface area contributed by atoms with E-state index in [1.54, 1.807) is 18.6 Å². The summed E-state index contributed by atoms with van der Waals surface area (Å²) in [6.07, 6.45) is 7.26. The van der Waals surface area contributed by atoms with E-state index in [1.165, 1.54) is 30.5 Å². The Labute approximate surface area is 165 Å². The summed E-state index contributed by atoms with van der Waals surface area (Å²) < 4.78 is 26.0. The summed E-state index contributed by atoms with van der Waals surface area (Å²) in [5.41, 5.74) is 3.70. The van der Waals surface area contributed by atoms with E-state index in [1.807, 2.05) is 18.2 Å². The summed E-state index contributed by atoms with van der Waals surface area (Å²) in [6.45, 7) is 0. The van der Waals surface area contributed by atoms with Gasteiger partial charge in [0.15, 0.2) is 5.65 Å². The van der Waals surface area contributed by atoms with Gasteiger partial charge in [0.25, 0.3) is 0 Å². The van der Waals surface area contributed by atoms with Crippen molar-refractivity contribution in [3.63, 3.8) is 0 Å². The third kappa shape index (κ3) is 2.95. The van der Waals surface area contributed by atoms with E-state index in [9.17, 15) is 4.39 Å². The SMILES string of the molecule is COc1ncc(-c2cc([C@H]3C[C@@H]3c3ccncc3)c3ncc(F)n3n2)c(OC)n1.